The van der Waals surface area contributed by atoms with Crippen molar-refractivity contribution in [2.24, 2.45) is 22.6 Å². The van der Waals surface area contributed by atoms with E-state index >= 15 is 0 Å². The average Bonchev–Trinajstić information content (AvgIpc) is 3.32. The van der Waals surface area contributed by atoms with E-state index in [0.717, 1.165) is 61.7 Å². The standard InChI is InChI=1S/C26H39N5O3/c1-31(2)25-20-6-4-5-7-21(20)29-26(27,30-25)19-10-8-17(9-11-19)14-28-15-18-12-22(32-3)24-23(13-18)33-16-34-24/h12-13,17,19,28-29H,4-11,14-16,27H2,1-3H3. The van der Waals surface area contributed by atoms with Gasteiger partial charge in [-0.15, -0.1) is 0 Å². The second kappa shape index (κ2) is 9.66. The summed E-state index contributed by atoms with van der Waals surface area (Å²) in [5, 5.41) is 7.33. The molecule has 1 saturated carbocycles. The molecule has 4 aliphatic rings. The van der Waals surface area contributed by atoms with Crippen molar-refractivity contribution in [1.29, 1.82) is 0 Å². The van der Waals surface area contributed by atoms with Crippen LogP contribution in [0.15, 0.2) is 28.4 Å². The Hall–Kier alpha value is -2.45. The van der Waals surface area contributed by atoms with E-state index in [2.05, 4.69) is 29.6 Å². The molecule has 0 spiro atoms. The summed E-state index contributed by atoms with van der Waals surface area (Å²) in [6.07, 6.45) is 9.19. The number of likely N-dealkylation sites (N-methyl/N-ethyl adjacent to an activating group) is 1. The number of hydrogen-bond acceptors (Lipinski definition) is 8. The van der Waals surface area contributed by atoms with Crippen LogP contribution in [-0.2, 0) is 6.54 Å². The lowest BCUT2D eigenvalue weighted by molar-refractivity contribution is 0.150. The van der Waals surface area contributed by atoms with Gasteiger partial charge in [0.15, 0.2) is 17.3 Å². The van der Waals surface area contributed by atoms with Gasteiger partial charge in [-0.05, 0) is 81.5 Å². The van der Waals surface area contributed by atoms with Crippen LogP contribution in [0.25, 0.3) is 0 Å². The molecule has 1 aromatic rings. The van der Waals surface area contributed by atoms with Crippen molar-refractivity contribution < 1.29 is 14.2 Å². The van der Waals surface area contributed by atoms with Crippen LogP contribution in [0.1, 0.15) is 56.9 Å². The first-order valence-corrected chi connectivity index (χ1v) is 12.7. The maximum atomic E-state index is 6.95. The lowest BCUT2D eigenvalue weighted by atomic mass is 9.77. The second-order valence-corrected chi connectivity index (χ2v) is 10.3. The number of rotatable bonds is 6. The van der Waals surface area contributed by atoms with E-state index in [-0.39, 0.29) is 6.79 Å². The second-order valence-electron chi connectivity index (χ2n) is 10.3. The highest BCUT2D eigenvalue weighted by Gasteiger charge is 2.42. The number of methoxy groups -OCH3 is 1. The van der Waals surface area contributed by atoms with E-state index in [0.29, 0.717) is 17.6 Å². The number of nitrogens with two attached hydrogens (primary N) is 1. The van der Waals surface area contributed by atoms with Gasteiger partial charge in [-0.1, -0.05) is 0 Å². The number of benzene rings is 1. The topological polar surface area (TPSA) is 93.4 Å². The third-order valence-corrected chi connectivity index (χ3v) is 7.75. The fourth-order valence-corrected chi connectivity index (χ4v) is 5.88. The zero-order valence-corrected chi connectivity index (χ0v) is 20.8. The number of fused-ring (bicyclic) bond motifs is 1. The Morgan fingerprint density at radius 3 is 2.74 bits per heavy atom. The van der Waals surface area contributed by atoms with Gasteiger partial charge in [0.1, 0.15) is 5.84 Å². The summed E-state index contributed by atoms with van der Waals surface area (Å²) < 4.78 is 16.5. The summed E-state index contributed by atoms with van der Waals surface area (Å²) in [6, 6.07) is 4.06. The molecule has 2 aliphatic heterocycles. The third kappa shape index (κ3) is 4.58. The van der Waals surface area contributed by atoms with E-state index in [1.54, 1.807) is 7.11 Å². The smallest absolute Gasteiger partial charge is 0.231 e. The predicted octanol–water partition coefficient (Wildman–Crippen LogP) is 3.32. The van der Waals surface area contributed by atoms with Crippen LogP contribution in [0.3, 0.4) is 0 Å². The molecule has 186 valence electrons. The highest BCUT2D eigenvalue weighted by atomic mass is 16.7. The van der Waals surface area contributed by atoms with Gasteiger partial charge in [0.05, 0.1) is 7.11 Å². The summed E-state index contributed by atoms with van der Waals surface area (Å²) >= 11 is 0. The van der Waals surface area contributed by atoms with Crippen molar-refractivity contribution in [3.05, 3.63) is 29.0 Å². The Labute approximate surface area is 202 Å². The Kier molecular flexibility index (Phi) is 6.62. The summed E-state index contributed by atoms with van der Waals surface area (Å²) in [6.45, 7) is 2.03. The van der Waals surface area contributed by atoms with Gasteiger partial charge in [0, 0.05) is 37.8 Å². The first kappa shape index (κ1) is 23.3. The van der Waals surface area contributed by atoms with Gasteiger partial charge in [-0.3, -0.25) is 5.73 Å². The largest absolute Gasteiger partial charge is 0.493 e. The van der Waals surface area contributed by atoms with Crippen LogP contribution in [0.5, 0.6) is 17.2 Å². The van der Waals surface area contributed by atoms with Crippen molar-refractivity contribution in [3.8, 4) is 17.2 Å². The molecule has 0 amide bonds. The minimum absolute atomic E-state index is 0.252. The van der Waals surface area contributed by atoms with Crippen LogP contribution < -0.4 is 30.6 Å². The van der Waals surface area contributed by atoms with Gasteiger partial charge in [0.25, 0.3) is 0 Å². The summed E-state index contributed by atoms with van der Waals surface area (Å²) in [5.74, 6) is 3.60. The normalized spacial score (nSPS) is 28.2. The molecule has 2 heterocycles. The number of hydrogen-bond donors (Lipinski definition) is 3. The molecule has 0 saturated heterocycles. The monoisotopic (exact) mass is 469 g/mol. The molecule has 5 rings (SSSR count). The maximum absolute atomic E-state index is 6.95. The van der Waals surface area contributed by atoms with E-state index in [1.807, 2.05) is 12.1 Å². The first-order chi connectivity index (χ1) is 16.5. The van der Waals surface area contributed by atoms with Gasteiger partial charge >= 0.3 is 0 Å². The highest BCUT2D eigenvalue weighted by Crippen LogP contribution is 2.42. The predicted molar refractivity (Wildman–Crippen MR) is 133 cm³/mol. The van der Waals surface area contributed by atoms with Crippen molar-refractivity contribution in [3.63, 3.8) is 0 Å². The number of nitrogens with one attached hydrogen (secondary N) is 2. The van der Waals surface area contributed by atoms with Crippen molar-refractivity contribution in [1.82, 2.24) is 15.5 Å². The molecule has 0 bridgehead atoms. The fraction of sp³-hybridized carbons (Fsp3) is 0.654. The molecule has 34 heavy (non-hydrogen) atoms. The van der Waals surface area contributed by atoms with Gasteiger partial charge in [0.2, 0.25) is 12.5 Å². The van der Waals surface area contributed by atoms with Gasteiger partial charge in [-0.2, -0.15) is 0 Å². The zero-order chi connectivity index (χ0) is 23.7. The Morgan fingerprint density at radius 2 is 1.97 bits per heavy atom. The fourth-order valence-electron chi connectivity index (χ4n) is 5.88. The molecule has 0 radical (unpaired) electrons. The summed E-state index contributed by atoms with van der Waals surface area (Å²) in [4.78, 5) is 7.24. The van der Waals surface area contributed by atoms with Crippen LogP contribution in [-0.4, -0.2) is 51.1 Å². The Balaban J connectivity index is 1.15. The van der Waals surface area contributed by atoms with Crippen LogP contribution in [0, 0.1) is 11.8 Å². The maximum Gasteiger partial charge on any atom is 0.231 e. The number of nitrogens with zero attached hydrogens (tertiary/aromatic N) is 2. The molecule has 0 aromatic heterocycles. The molecular formula is C26H39N5O3. The van der Waals surface area contributed by atoms with E-state index in [1.165, 1.54) is 37.0 Å². The zero-order valence-electron chi connectivity index (χ0n) is 20.8. The van der Waals surface area contributed by atoms with Gasteiger partial charge in [-0.25, -0.2) is 4.99 Å². The molecule has 8 heteroatoms. The van der Waals surface area contributed by atoms with E-state index < -0.39 is 5.79 Å². The first-order valence-electron chi connectivity index (χ1n) is 12.7. The molecule has 1 atom stereocenters. The van der Waals surface area contributed by atoms with Gasteiger partial charge < -0.3 is 29.7 Å². The highest BCUT2D eigenvalue weighted by molar-refractivity contribution is 5.99. The molecule has 1 fully saturated rings. The minimum atomic E-state index is -0.683. The lowest BCUT2D eigenvalue weighted by Gasteiger charge is -2.45. The number of amidine groups is 1. The summed E-state index contributed by atoms with van der Waals surface area (Å²) in [7, 11) is 5.83. The average molecular weight is 470 g/mol. The molecule has 8 nitrogen and oxygen atoms in total. The van der Waals surface area contributed by atoms with Crippen LogP contribution in [0.4, 0.5) is 0 Å². The number of aliphatic imine (C=N–C) groups is 1. The van der Waals surface area contributed by atoms with E-state index in [4.69, 9.17) is 24.9 Å². The lowest BCUT2D eigenvalue weighted by Crippen LogP contribution is -2.61. The summed E-state index contributed by atoms with van der Waals surface area (Å²) in [5.41, 5.74) is 10.8. The number of ether oxygens (including phenoxy) is 3. The quantitative estimate of drug-likeness (QED) is 0.588. The molecule has 2 aliphatic carbocycles. The third-order valence-electron chi connectivity index (χ3n) is 7.75. The van der Waals surface area contributed by atoms with Crippen molar-refractivity contribution in [2.45, 2.75) is 63.7 Å². The number of allylic oxidation sites excluding steroid dienone is 1. The van der Waals surface area contributed by atoms with Crippen molar-refractivity contribution >= 4 is 5.84 Å². The molecule has 1 aromatic carbocycles. The van der Waals surface area contributed by atoms with Crippen LogP contribution in [0.2, 0.25) is 0 Å². The minimum Gasteiger partial charge on any atom is -0.493 e. The SMILES string of the molecule is COc1cc(CNCC2CCC(C3(N)N=C(N(C)C)C4=C(CCCC4)N3)CC2)cc2c1OCO2. The Morgan fingerprint density at radius 1 is 1.18 bits per heavy atom. The molecule has 4 N–H and O–H groups in total. The Bertz CT molecular complexity index is 967. The molecule has 1 unspecified atom stereocenters. The van der Waals surface area contributed by atoms with Crippen molar-refractivity contribution in [2.75, 3.05) is 34.5 Å². The van der Waals surface area contributed by atoms with Crippen LogP contribution >= 0.6 is 0 Å². The molecular weight excluding hydrogens is 430 g/mol. The van der Waals surface area contributed by atoms with E-state index in [9.17, 15) is 0 Å².